The summed E-state index contributed by atoms with van der Waals surface area (Å²) in [6.07, 6.45) is 2.22. The van der Waals surface area contributed by atoms with Crippen molar-refractivity contribution in [2.45, 2.75) is 39.2 Å². The molecule has 146 valence electrons. The number of ether oxygens (including phenoxy) is 3. The molecule has 5 heteroatoms. The Balaban J connectivity index is 1.75. The lowest BCUT2D eigenvalue weighted by atomic mass is 10.1. The summed E-state index contributed by atoms with van der Waals surface area (Å²) in [6.45, 7) is 4.91. The van der Waals surface area contributed by atoms with Crippen LogP contribution in [-0.2, 0) is 11.2 Å². The van der Waals surface area contributed by atoms with Crippen molar-refractivity contribution in [3.63, 3.8) is 0 Å². The summed E-state index contributed by atoms with van der Waals surface area (Å²) in [4.78, 5) is 12.3. The van der Waals surface area contributed by atoms with Crippen LogP contribution in [0.15, 0.2) is 48.5 Å². The van der Waals surface area contributed by atoms with E-state index >= 15 is 0 Å². The fourth-order valence-corrected chi connectivity index (χ4v) is 2.66. The first-order chi connectivity index (χ1) is 13.2. The van der Waals surface area contributed by atoms with Gasteiger partial charge in [0.15, 0.2) is 6.10 Å². The minimum Gasteiger partial charge on any atom is -0.497 e. The second kappa shape index (κ2) is 11.1. The Morgan fingerprint density at radius 1 is 1.04 bits per heavy atom. The van der Waals surface area contributed by atoms with E-state index in [1.165, 1.54) is 5.56 Å². The van der Waals surface area contributed by atoms with Crippen LogP contribution in [0.1, 0.15) is 32.3 Å². The van der Waals surface area contributed by atoms with E-state index in [1.807, 2.05) is 37.3 Å². The Morgan fingerprint density at radius 2 is 1.78 bits per heavy atom. The molecule has 0 saturated carbocycles. The molecule has 1 amide bonds. The highest BCUT2D eigenvalue weighted by Gasteiger charge is 2.18. The molecule has 0 fully saturated rings. The monoisotopic (exact) mass is 371 g/mol. The molecular weight excluding hydrogens is 342 g/mol. The van der Waals surface area contributed by atoms with E-state index in [-0.39, 0.29) is 5.91 Å². The summed E-state index contributed by atoms with van der Waals surface area (Å²) in [7, 11) is 1.60. The average molecular weight is 371 g/mol. The Morgan fingerprint density at radius 3 is 2.44 bits per heavy atom. The lowest BCUT2D eigenvalue weighted by Crippen LogP contribution is -2.39. The summed E-state index contributed by atoms with van der Waals surface area (Å²) in [5.74, 6) is 1.96. The van der Waals surface area contributed by atoms with Crippen LogP contribution in [0.5, 0.6) is 17.2 Å². The Kier molecular flexibility index (Phi) is 8.49. The molecular formula is C22H29NO4. The molecule has 0 aliphatic carbocycles. The van der Waals surface area contributed by atoms with E-state index in [0.29, 0.717) is 31.1 Å². The summed E-state index contributed by atoms with van der Waals surface area (Å²) in [6, 6.07) is 15.3. The number of hydrogen-bond acceptors (Lipinski definition) is 4. The Hall–Kier alpha value is -2.69. The minimum atomic E-state index is -0.551. The van der Waals surface area contributed by atoms with Gasteiger partial charge in [0.05, 0.1) is 13.7 Å². The van der Waals surface area contributed by atoms with Crippen molar-refractivity contribution in [3.05, 3.63) is 54.1 Å². The van der Waals surface area contributed by atoms with Crippen LogP contribution < -0.4 is 19.5 Å². The van der Waals surface area contributed by atoms with Crippen LogP contribution in [0.3, 0.4) is 0 Å². The molecule has 1 N–H and O–H groups in total. The molecule has 0 aliphatic rings. The van der Waals surface area contributed by atoms with E-state index in [9.17, 15) is 4.79 Å². The van der Waals surface area contributed by atoms with Crippen molar-refractivity contribution in [1.82, 2.24) is 5.32 Å². The Labute approximate surface area is 161 Å². The molecule has 0 bridgehead atoms. The molecule has 0 spiro atoms. The largest absolute Gasteiger partial charge is 0.497 e. The third kappa shape index (κ3) is 6.85. The van der Waals surface area contributed by atoms with Gasteiger partial charge in [0.1, 0.15) is 23.9 Å². The van der Waals surface area contributed by atoms with Crippen LogP contribution >= 0.6 is 0 Å². The predicted octanol–water partition coefficient (Wildman–Crippen LogP) is 4.00. The van der Waals surface area contributed by atoms with Gasteiger partial charge in [0.25, 0.3) is 5.91 Å². The highest BCUT2D eigenvalue weighted by Crippen LogP contribution is 2.20. The molecule has 0 saturated heterocycles. The number of aryl methyl sites for hydroxylation is 1. The maximum atomic E-state index is 12.3. The molecule has 1 atom stereocenters. The molecule has 0 aliphatic heterocycles. The molecule has 0 unspecified atom stereocenters. The summed E-state index contributed by atoms with van der Waals surface area (Å²) in [5, 5.41) is 2.86. The number of carbonyl (C=O) groups is 1. The second-order valence-electron chi connectivity index (χ2n) is 6.23. The fourth-order valence-electron chi connectivity index (χ4n) is 2.66. The zero-order valence-corrected chi connectivity index (χ0v) is 16.4. The van der Waals surface area contributed by atoms with Gasteiger partial charge < -0.3 is 19.5 Å². The normalized spacial score (nSPS) is 11.5. The van der Waals surface area contributed by atoms with Gasteiger partial charge in [-0.3, -0.25) is 4.79 Å². The first-order valence-corrected chi connectivity index (χ1v) is 9.46. The molecule has 0 aromatic heterocycles. The Bertz CT molecular complexity index is 700. The molecule has 27 heavy (non-hydrogen) atoms. The lowest BCUT2D eigenvalue weighted by Gasteiger charge is -2.18. The quantitative estimate of drug-likeness (QED) is 0.607. The highest BCUT2D eigenvalue weighted by molar-refractivity contribution is 5.81. The predicted molar refractivity (Wildman–Crippen MR) is 107 cm³/mol. The van der Waals surface area contributed by atoms with Gasteiger partial charge in [-0.15, -0.1) is 0 Å². The van der Waals surface area contributed by atoms with Crippen LogP contribution in [0.2, 0.25) is 0 Å². The van der Waals surface area contributed by atoms with Crippen molar-refractivity contribution < 1.29 is 19.0 Å². The molecule has 5 nitrogen and oxygen atoms in total. The summed E-state index contributed by atoms with van der Waals surface area (Å²) < 4.78 is 16.6. The molecule has 2 rings (SSSR count). The maximum Gasteiger partial charge on any atom is 0.261 e. The van der Waals surface area contributed by atoms with E-state index in [2.05, 4.69) is 24.4 Å². The summed E-state index contributed by atoms with van der Waals surface area (Å²) in [5.41, 5.74) is 1.30. The second-order valence-corrected chi connectivity index (χ2v) is 6.23. The van der Waals surface area contributed by atoms with Crippen molar-refractivity contribution in [3.8, 4) is 17.2 Å². The van der Waals surface area contributed by atoms with Crippen LogP contribution in [-0.4, -0.2) is 32.3 Å². The van der Waals surface area contributed by atoms with Gasteiger partial charge in [-0.05, 0) is 42.7 Å². The SMILES string of the molecule is CCCc1ccc(OCCNC(=O)[C@@H](CC)Oc2cccc(OC)c2)cc1. The third-order valence-electron chi connectivity index (χ3n) is 4.11. The molecule has 0 radical (unpaired) electrons. The topological polar surface area (TPSA) is 56.8 Å². The van der Waals surface area contributed by atoms with Crippen molar-refractivity contribution >= 4 is 5.91 Å². The van der Waals surface area contributed by atoms with Crippen molar-refractivity contribution in [2.75, 3.05) is 20.3 Å². The number of carbonyl (C=O) groups excluding carboxylic acids is 1. The minimum absolute atomic E-state index is 0.151. The van der Waals surface area contributed by atoms with E-state index in [1.54, 1.807) is 13.2 Å². The van der Waals surface area contributed by atoms with Gasteiger partial charge in [0.2, 0.25) is 0 Å². The number of rotatable bonds is 11. The van der Waals surface area contributed by atoms with Gasteiger partial charge in [-0.1, -0.05) is 38.5 Å². The fraction of sp³-hybridized carbons (Fsp3) is 0.409. The zero-order valence-electron chi connectivity index (χ0n) is 16.4. The molecule has 0 heterocycles. The first-order valence-electron chi connectivity index (χ1n) is 9.46. The lowest BCUT2D eigenvalue weighted by molar-refractivity contribution is -0.128. The average Bonchev–Trinajstić information content (AvgIpc) is 2.70. The molecule has 2 aromatic rings. The van der Waals surface area contributed by atoms with Crippen molar-refractivity contribution in [1.29, 1.82) is 0 Å². The first kappa shape index (κ1) is 20.6. The number of benzene rings is 2. The van der Waals surface area contributed by atoms with Gasteiger partial charge >= 0.3 is 0 Å². The zero-order chi connectivity index (χ0) is 19.5. The standard InChI is InChI=1S/C22H29NO4/c1-4-7-17-10-12-18(13-11-17)26-15-14-23-22(24)21(5-2)27-20-9-6-8-19(16-20)25-3/h6,8-13,16,21H,4-5,7,14-15H2,1-3H3,(H,23,24)/t21-/m1/s1. The van der Waals surface area contributed by atoms with Crippen LogP contribution in [0.25, 0.3) is 0 Å². The number of nitrogens with one attached hydrogen (secondary N) is 1. The van der Waals surface area contributed by atoms with Crippen LogP contribution in [0.4, 0.5) is 0 Å². The third-order valence-corrected chi connectivity index (χ3v) is 4.11. The van der Waals surface area contributed by atoms with Crippen molar-refractivity contribution in [2.24, 2.45) is 0 Å². The number of amides is 1. The highest BCUT2D eigenvalue weighted by atomic mass is 16.5. The number of hydrogen-bond donors (Lipinski definition) is 1. The maximum absolute atomic E-state index is 12.3. The molecule has 2 aromatic carbocycles. The van der Waals surface area contributed by atoms with Gasteiger partial charge in [-0.2, -0.15) is 0 Å². The van der Waals surface area contributed by atoms with E-state index < -0.39 is 6.10 Å². The van der Waals surface area contributed by atoms with E-state index in [4.69, 9.17) is 14.2 Å². The van der Waals surface area contributed by atoms with Crippen LogP contribution in [0, 0.1) is 0 Å². The summed E-state index contributed by atoms with van der Waals surface area (Å²) >= 11 is 0. The smallest absolute Gasteiger partial charge is 0.261 e. The van der Waals surface area contributed by atoms with Gasteiger partial charge in [-0.25, -0.2) is 0 Å². The van der Waals surface area contributed by atoms with Gasteiger partial charge in [0, 0.05) is 6.07 Å². The number of methoxy groups -OCH3 is 1. The van der Waals surface area contributed by atoms with E-state index in [0.717, 1.165) is 18.6 Å².